The van der Waals surface area contributed by atoms with Crippen molar-refractivity contribution >= 4 is 10.9 Å². The lowest BCUT2D eigenvalue weighted by Crippen LogP contribution is -2.24. The highest BCUT2D eigenvalue weighted by Gasteiger charge is 2.23. The number of benzene rings is 1. The summed E-state index contributed by atoms with van der Waals surface area (Å²) in [7, 11) is 0. The molecule has 0 fully saturated rings. The van der Waals surface area contributed by atoms with E-state index in [0.29, 0.717) is 6.54 Å². The molecule has 0 aliphatic carbocycles. The first kappa shape index (κ1) is 8.68. The quantitative estimate of drug-likeness (QED) is 0.758. The molecule has 0 bridgehead atoms. The number of nitrogens with two attached hydrogens (primary N) is 1. The number of ether oxygens (including phenoxy) is 1. The first-order valence-corrected chi connectivity index (χ1v) is 5.12. The third kappa shape index (κ3) is 1.27. The van der Waals surface area contributed by atoms with Crippen molar-refractivity contribution in [3.8, 4) is 5.75 Å². The molecular weight excluding hydrogens is 188 g/mol. The van der Waals surface area contributed by atoms with Crippen molar-refractivity contribution in [1.29, 1.82) is 0 Å². The maximum atomic E-state index is 5.78. The van der Waals surface area contributed by atoms with Crippen LogP contribution in [0.25, 0.3) is 10.9 Å². The number of nitrogens with zero attached hydrogens (tertiary/aromatic N) is 1. The predicted molar refractivity (Wildman–Crippen MR) is 58.9 cm³/mol. The first-order chi connectivity index (χ1) is 7.38. The van der Waals surface area contributed by atoms with Crippen molar-refractivity contribution in [2.45, 2.75) is 12.5 Å². The van der Waals surface area contributed by atoms with E-state index in [1.807, 2.05) is 12.1 Å². The summed E-state index contributed by atoms with van der Waals surface area (Å²) in [5.41, 5.74) is 7.78. The van der Waals surface area contributed by atoms with Crippen LogP contribution in [0, 0.1) is 0 Å². The lowest BCUT2D eigenvalue weighted by molar-refractivity contribution is 0.243. The van der Waals surface area contributed by atoms with E-state index in [1.54, 1.807) is 6.20 Å². The van der Waals surface area contributed by atoms with E-state index >= 15 is 0 Å². The Balaban J connectivity index is 2.20. The molecule has 1 aliphatic rings. The monoisotopic (exact) mass is 200 g/mol. The second-order valence-electron chi connectivity index (χ2n) is 3.81. The zero-order valence-corrected chi connectivity index (χ0v) is 8.31. The molecule has 1 unspecified atom stereocenters. The smallest absolute Gasteiger partial charge is 0.149 e. The number of rotatable bonds is 1. The second-order valence-corrected chi connectivity index (χ2v) is 3.81. The van der Waals surface area contributed by atoms with Crippen molar-refractivity contribution in [1.82, 2.24) is 4.98 Å². The molecule has 3 nitrogen and oxygen atoms in total. The molecule has 1 atom stereocenters. The molecule has 1 aromatic carbocycles. The summed E-state index contributed by atoms with van der Waals surface area (Å²) in [6, 6.07) is 8.17. The van der Waals surface area contributed by atoms with Crippen LogP contribution < -0.4 is 10.5 Å². The van der Waals surface area contributed by atoms with Crippen LogP contribution in [0.5, 0.6) is 5.75 Å². The Hall–Kier alpha value is -1.61. The van der Waals surface area contributed by atoms with Crippen LogP contribution in [0.15, 0.2) is 30.5 Å². The van der Waals surface area contributed by atoms with Crippen LogP contribution in [0.2, 0.25) is 0 Å². The van der Waals surface area contributed by atoms with Crippen molar-refractivity contribution in [3.63, 3.8) is 0 Å². The van der Waals surface area contributed by atoms with Gasteiger partial charge < -0.3 is 10.5 Å². The summed E-state index contributed by atoms with van der Waals surface area (Å²) in [5, 5.41) is 1.12. The second kappa shape index (κ2) is 3.21. The number of hydrogen-bond acceptors (Lipinski definition) is 3. The molecule has 15 heavy (non-hydrogen) atoms. The lowest BCUT2D eigenvalue weighted by atomic mass is 10.1. The maximum Gasteiger partial charge on any atom is 0.149 e. The van der Waals surface area contributed by atoms with E-state index in [9.17, 15) is 0 Å². The average Bonchev–Trinajstić information content (AvgIpc) is 2.72. The normalized spacial score (nSPS) is 18.9. The Morgan fingerprint density at radius 1 is 1.40 bits per heavy atom. The van der Waals surface area contributed by atoms with Gasteiger partial charge in [0.15, 0.2) is 0 Å². The van der Waals surface area contributed by atoms with Gasteiger partial charge in [-0.1, -0.05) is 18.2 Å². The van der Waals surface area contributed by atoms with E-state index in [0.717, 1.165) is 23.1 Å². The number of aromatic nitrogens is 1. The van der Waals surface area contributed by atoms with Gasteiger partial charge in [0.1, 0.15) is 17.4 Å². The van der Waals surface area contributed by atoms with Crippen molar-refractivity contribution < 1.29 is 4.74 Å². The van der Waals surface area contributed by atoms with Gasteiger partial charge in [0.2, 0.25) is 0 Å². The van der Waals surface area contributed by atoms with E-state index in [2.05, 4.69) is 17.1 Å². The minimum atomic E-state index is 0.118. The molecular formula is C12H12N2O. The minimum Gasteiger partial charge on any atom is -0.486 e. The molecule has 3 heteroatoms. The third-order valence-electron chi connectivity index (χ3n) is 2.80. The highest BCUT2D eigenvalue weighted by Crippen LogP contribution is 2.34. The maximum absolute atomic E-state index is 5.78. The molecule has 0 saturated heterocycles. The highest BCUT2D eigenvalue weighted by atomic mass is 16.5. The van der Waals surface area contributed by atoms with Gasteiger partial charge in [0.25, 0.3) is 0 Å². The first-order valence-electron chi connectivity index (χ1n) is 5.12. The van der Waals surface area contributed by atoms with Crippen LogP contribution in [0.1, 0.15) is 5.56 Å². The molecule has 0 saturated carbocycles. The summed E-state index contributed by atoms with van der Waals surface area (Å²) in [5.74, 6) is 0.920. The fraction of sp³-hybridized carbons (Fsp3) is 0.250. The lowest BCUT2D eigenvalue weighted by Gasteiger charge is -2.07. The van der Waals surface area contributed by atoms with Gasteiger partial charge >= 0.3 is 0 Å². The molecule has 0 radical (unpaired) electrons. The Morgan fingerprint density at radius 2 is 2.33 bits per heavy atom. The molecule has 1 aromatic heterocycles. The predicted octanol–water partition coefficient (Wildman–Crippen LogP) is 1.50. The molecule has 2 N–H and O–H groups in total. The van der Waals surface area contributed by atoms with Crippen LogP contribution in [0.3, 0.4) is 0 Å². The molecule has 0 amide bonds. The van der Waals surface area contributed by atoms with Crippen LogP contribution >= 0.6 is 0 Å². The average molecular weight is 200 g/mol. The fourth-order valence-corrected chi connectivity index (χ4v) is 2.04. The van der Waals surface area contributed by atoms with Gasteiger partial charge in [-0.3, -0.25) is 4.98 Å². The molecule has 2 heterocycles. The Bertz CT molecular complexity index is 510. The zero-order chi connectivity index (χ0) is 10.3. The zero-order valence-electron chi connectivity index (χ0n) is 8.31. The molecule has 1 aliphatic heterocycles. The third-order valence-corrected chi connectivity index (χ3v) is 2.80. The number of hydrogen-bond donors (Lipinski definition) is 1. The minimum absolute atomic E-state index is 0.118. The Labute approximate surface area is 87.9 Å². The van der Waals surface area contributed by atoms with Crippen molar-refractivity contribution in [3.05, 3.63) is 36.0 Å². The van der Waals surface area contributed by atoms with Gasteiger partial charge in [-0.05, 0) is 6.07 Å². The molecule has 3 rings (SSSR count). The summed E-state index contributed by atoms with van der Waals surface area (Å²) in [4.78, 5) is 4.36. The summed E-state index contributed by atoms with van der Waals surface area (Å²) in [6.45, 7) is 0.559. The van der Waals surface area contributed by atoms with Crippen molar-refractivity contribution in [2.24, 2.45) is 5.73 Å². The standard InChI is InChI=1S/C12H12N2O/c13-7-10-6-9-4-3-8-2-1-5-14-11(8)12(9)15-10/h1-5,10H,6-7,13H2. The molecule has 2 aromatic rings. The van der Waals surface area contributed by atoms with Gasteiger partial charge in [0, 0.05) is 30.1 Å². The van der Waals surface area contributed by atoms with Gasteiger partial charge in [-0.25, -0.2) is 0 Å². The van der Waals surface area contributed by atoms with Gasteiger partial charge in [-0.15, -0.1) is 0 Å². The van der Waals surface area contributed by atoms with Gasteiger partial charge in [0.05, 0.1) is 0 Å². The SMILES string of the molecule is NCC1Cc2ccc3cccnc3c2O1. The largest absolute Gasteiger partial charge is 0.486 e. The van der Waals surface area contributed by atoms with E-state index in [4.69, 9.17) is 10.5 Å². The summed E-state index contributed by atoms with van der Waals surface area (Å²) < 4.78 is 5.78. The van der Waals surface area contributed by atoms with Crippen molar-refractivity contribution in [2.75, 3.05) is 6.54 Å². The highest BCUT2D eigenvalue weighted by molar-refractivity contribution is 5.86. The molecule has 0 spiro atoms. The van der Waals surface area contributed by atoms with Crippen LogP contribution in [-0.4, -0.2) is 17.6 Å². The fourth-order valence-electron chi connectivity index (χ4n) is 2.04. The van der Waals surface area contributed by atoms with E-state index < -0.39 is 0 Å². The summed E-state index contributed by atoms with van der Waals surface area (Å²) >= 11 is 0. The van der Waals surface area contributed by atoms with Crippen LogP contribution in [0.4, 0.5) is 0 Å². The Morgan fingerprint density at radius 3 is 3.20 bits per heavy atom. The topological polar surface area (TPSA) is 48.1 Å². The van der Waals surface area contributed by atoms with E-state index in [1.165, 1.54) is 5.56 Å². The van der Waals surface area contributed by atoms with Gasteiger partial charge in [-0.2, -0.15) is 0 Å². The number of fused-ring (bicyclic) bond motifs is 3. The molecule has 76 valence electrons. The number of pyridine rings is 1. The van der Waals surface area contributed by atoms with Crippen LogP contribution in [-0.2, 0) is 6.42 Å². The summed E-state index contributed by atoms with van der Waals surface area (Å²) in [6.07, 6.45) is 2.81. The van der Waals surface area contributed by atoms with E-state index in [-0.39, 0.29) is 6.10 Å². The Kier molecular flexibility index (Phi) is 1.86.